The zero-order chi connectivity index (χ0) is 22.1. The van der Waals surface area contributed by atoms with Crippen molar-refractivity contribution in [2.24, 2.45) is 5.73 Å². The number of rotatable bonds is 11. The minimum Gasteiger partial charge on any atom is -0.508 e. The van der Waals surface area contributed by atoms with Crippen LogP contribution in [0.1, 0.15) is 25.3 Å². The molecule has 29 heavy (non-hydrogen) atoms. The lowest BCUT2D eigenvalue weighted by atomic mass is 10.0. The average molecular weight is 427 g/mol. The zero-order valence-electron chi connectivity index (χ0n) is 15.7. The molecule has 0 saturated carbocycles. The van der Waals surface area contributed by atoms with Gasteiger partial charge in [-0.15, -0.1) is 12.6 Å². The van der Waals surface area contributed by atoms with E-state index >= 15 is 0 Å². The van der Waals surface area contributed by atoms with E-state index in [9.17, 15) is 29.4 Å². The van der Waals surface area contributed by atoms with Gasteiger partial charge in [-0.25, -0.2) is 0 Å². The Morgan fingerprint density at radius 2 is 1.69 bits per heavy atom. The van der Waals surface area contributed by atoms with Crippen molar-refractivity contribution < 1.29 is 34.5 Å². The highest BCUT2D eigenvalue weighted by atomic mass is 32.1. The molecule has 10 nitrogen and oxygen atoms in total. The highest BCUT2D eigenvalue weighted by Crippen LogP contribution is 2.12. The van der Waals surface area contributed by atoms with Crippen molar-refractivity contribution in [2.45, 2.75) is 50.4 Å². The molecule has 0 aliphatic heterocycles. The summed E-state index contributed by atoms with van der Waals surface area (Å²) in [6.07, 6.45) is -1.66. The number of carboxylic acid groups (broad SMARTS) is 1. The van der Waals surface area contributed by atoms with E-state index in [1.165, 1.54) is 19.1 Å². The molecule has 1 aromatic rings. The first-order valence-corrected chi connectivity index (χ1v) is 9.23. The minimum atomic E-state index is -1.29. The Hall–Kier alpha value is -2.63. The number of carbonyl (C=O) groups excluding carboxylic acids is 3. The van der Waals surface area contributed by atoms with E-state index in [0.29, 0.717) is 5.56 Å². The molecular formula is C18H25N3O7S. The maximum Gasteiger partial charge on any atom is 0.303 e. The molecule has 2 amide bonds. The van der Waals surface area contributed by atoms with Crippen LogP contribution in [0.25, 0.3) is 0 Å². The van der Waals surface area contributed by atoms with E-state index in [4.69, 9.17) is 10.8 Å². The molecule has 0 spiro atoms. The van der Waals surface area contributed by atoms with Crippen LogP contribution in [0.2, 0.25) is 0 Å². The molecule has 1 rings (SSSR count). The number of aromatic hydroxyl groups is 1. The van der Waals surface area contributed by atoms with Gasteiger partial charge in [0.25, 0.3) is 0 Å². The molecule has 0 aliphatic carbocycles. The van der Waals surface area contributed by atoms with Gasteiger partial charge in [-0.05, 0) is 31.0 Å². The maximum absolute atomic E-state index is 12.7. The van der Waals surface area contributed by atoms with Gasteiger partial charge in [0.1, 0.15) is 17.8 Å². The van der Waals surface area contributed by atoms with Crippen LogP contribution in [0.3, 0.4) is 0 Å². The van der Waals surface area contributed by atoms with Crippen molar-refractivity contribution in [2.75, 3.05) is 0 Å². The lowest BCUT2D eigenvalue weighted by molar-refractivity contribution is -0.137. The molecule has 7 N–H and O–H groups in total. The summed E-state index contributed by atoms with van der Waals surface area (Å²) in [5.74, 6) is -2.59. The molecule has 11 heteroatoms. The number of nitrogens with two attached hydrogens (primary N) is 1. The quantitative estimate of drug-likeness (QED) is 0.218. The smallest absolute Gasteiger partial charge is 0.303 e. The fraction of sp³-hybridized carbons (Fsp3) is 0.444. The third-order valence-corrected chi connectivity index (χ3v) is 4.34. The van der Waals surface area contributed by atoms with E-state index in [1.54, 1.807) is 12.1 Å². The lowest BCUT2D eigenvalue weighted by Crippen LogP contribution is -2.56. The lowest BCUT2D eigenvalue weighted by Gasteiger charge is -2.24. The van der Waals surface area contributed by atoms with Crippen molar-refractivity contribution in [1.82, 2.24) is 10.6 Å². The third-order valence-electron chi connectivity index (χ3n) is 4.06. The highest BCUT2D eigenvalue weighted by molar-refractivity contribution is 7.96. The second kappa shape index (κ2) is 11.4. The van der Waals surface area contributed by atoms with E-state index in [2.05, 4.69) is 23.3 Å². The van der Waals surface area contributed by atoms with Gasteiger partial charge in [-0.1, -0.05) is 12.1 Å². The summed E-state index contributed by atoms with van der Waals surface area (Å²) in [5.41, 5.74) is 6.27. The van der Waals surface area contributed by atoms with E-state index < -0.39 is 47.1 Å². The maximum atomic E-state index is 12.7. The Balaban J connectivity index is 2.96. The van der Waals surface area contributed by atoms with Crippen molar-refractivity contribution >= 4 is 35.5 Å². The van der Waals surface area contributed by atoms with Crippen molar-refractivity contribution in [3.63, 3.8) is 0 Å². The average Bonchev–Trinajstić information content (AvgIpc) is 2.64. The fourth-order valence-electron chi connectivity index (χ4n) is 2.41. The van der Waals surface area contributed by atoms with Crippen LogP contribution < -0.4 is 16.4 Å². The van der Waals surface area contributed by atoms with Gasteiger partial charge in [-0.2, -0.15) is 0 Å². The number of aliphatic hydroxyl groups is 1. The number of benzene rings is 1. The summed E-state index contributed by atoms with van der Waals surface area (Å²) >= 11 is 3.63. The summed E-state index contributed by atoms with van der Waals surface area (Å²) in [4.78, 5) is 47.1. The number of aliphatic carboxylic acids is 1. The normalized spacial score (nSPS) is 14.9. The van der Waals surface area contributed by atoms with Crippen molar-refractivity contribution in [3.8, 4) is 5.75 Å². The fourth-order valence-corrected chi connectivity index (χ4v) is 2.69. The summed E-state index contributed by atoms with van der Waals surface area (Å²) in [5, 5.41) is 31.7. The first-order chi connectivity index (χ1) is 13.5. The van der Waals surface area contributed by atoms with Crippen LogP contribution in [-0.2, 0) is 25.6 Å². The Bertz CT molecular complexity index is 739. The number of phenols is 1. The topological polar surface area (TPSA) is 179 Å². The van der Waals surface area contributed by atoms with Gasteiger partial charge >= 0.3 is 5.97 Å². The molecule has 1 unspecified atom stereocenters. The second-order valence-corrected chi connectivity index (χ2v) is 6.98. The Morgan fingerprint density at radius 1 is 1.10 bits per heavy atom. The summed E-state index contributed by atoms with van der Waals surface area (Å²) in [6, 6.07) is 2.29. The predicted molar refractivity (Wildman–Crippen MR) is 106 cm³/mol. The number of aliphatic hydroxyl groups excluding tert-OH is 1. The summed E-state index contributed by atoms with van der Waals surface area (Å²) < 4.78 is 0. The molecule has 0 heterocycles. The van der Waals surface area contributed by atoms with Crippen LogP contribution in [0.15, 0.2) is 24.3 Å². The third kappa shape index (κ3) is 8.50. The van der Waals surface area contributed by atoms with Crippen LogP contribution in [0.5, 0.6) is 5.75 Å². The van der Waals surface area contributed by atoms with Crippen molar-refractivity contribution in [1.29, 1.82) is 0 Å². The van der Waals surface area contributed by atoms with Crippen LogP contribution in [0, 0.1) is 0 Å². The number of phenolic OH excluding ortho intramolecular Hbond substituents is 1. The summed E-state index contributed by atoms with van der Waals surface area (Å²) in [6.45, 7) is 1.30. The number of nitrogens with one attached hydrogen (secondary N) is 2. The number of thiol groups is 1. The van der Waals surface area contributed by atoms with Crippen LogP contribution in [0.4, 0.5) is 0 Å². The number of amides is 2. The predicted octanol–water partition coefficient (Wildman–Crippen LogP) is -1.07. The number of hydrogen-bond acceptors (Lipinski definition) is 7. The number of carboxylic acids is 1. The van der Waals surface area contributed by atoms with Crippen LogP contribution >= 0.6 is 12.6 Å². The zero-order valence-corrected chi connectivity index (χ0v) is 16.6. The number of carbonyl (C=O) groups is 4. The molecule has 1 aromatic carbocycles. The van der Waals surface area contributed by atoms with Gasteiger partial charge in [0.2, 0.25) is 16.9 Å². The monoisotopic (exact) mass is 427 g/mol. The molecule has 0 bridgehead atoms. The molecule has 0 fully saturated rings. The van der Waals surface area contributed by atoms with Gasteiger partial charge in [0, 0.05) is 12.8 Å². The number of hydrogen-bond donors (Lipinski definition) is 7. The van der Waals surface area contributed by atoms with E-state index in [0.717, 1.165) is 0 Å². The standard InChI is InChI=1S/C18H25N3O7S/c1-9(22)15(18(28)29)21-17(27)13(8-10-2-4-11(23)5-3-10)20-16(26)12(19)6-7-14(24)25/h2-5,9,12-13,15,22-23H,6-8,19H2,1H3,(H,20,26)(H,21,27)(H,24,25)(H,28,29)/t9-,12+,13+,15?/m1/s1. The van der Waals surface area contributed by atoms with E-state index in [1.807, 2.05) is 0 Å². The molecular weight excluding hydrogens is 402 g/mol. The molecule has 4 atom stereocenters. The van der Waals surface area contributed by atoms with Gasteiger partial charge in [0.05, 0.1) is 12.1 Å². The first-order valence-electron chi connectivity index (χ1n) is 8.78. The second-order valence-electron chi connectivity index (χ2n) is 6.54. The molecule has 0 radical (unpaired) electrons. The Morgan fingerprint density at radius 3 is 2.17 bits per heavy atom. The van der Waals surface area contributed by atoms with Crippen LogP contribution in [-0.4, -0.2) is 62.4 Å². The Kier molecular flexibility index (Phi) is 9.59. The molecule has 160 valence electrons. The molecule has 0 aliphatic rings. The highest BCUT2D eigenvalue weighted by Gasteiger charge is 2.29. The molecule has 0 aromatic heterocycles. The summed E-state index contributed by atoms with van der Waals surface area (Å²) in [7, 11) is 0. The van der Waals surface area contributed by atoms with E-state index in [-0.39, 0.29) is 25.0 Å². The van der Waals surface area contributed by atoms with Gasteiger partial charge in [0.15, 0.2) is 0 Å². The molecule has 0 saturated heterocycles. The van der Waals surface area contributed by atoms with Gasteiger partial charge < -0.3 is 31.7 Å². The van der Waals surface area contributed by atoms with Crippen molar-refractivity contribution in [3.05, 3.63) is 29.8 Å². The Labute approximate surface area is 172 Å². The van der Waals surface area contributed by atoms with Gasteiger partial charge in [-0.3, -0.25) is 19.2 Å². The first kappa shape index (κ1) is 24.4. The largest absolute Gasteiger partial charge is 0.508 e. The minimum absolute atomic E-state index is 0.00318. The SMILES string of the molecule is C[C@@H](O)C(NC(=O)[C@H](Cc1ccc(O)cc1)NC(=O)[C@@H](N)CCC(=O)O)C(=O)S.